The minimum Gasteiger partial charge on any atom is -0.444 e. The van der Waals surface area contributed by atoms with E-state index in [1.807, 2.05) is 6.08 Å². The van der Waals surface area contributed by atoms with Gasteiger partial charge in [-0.25, -0.2) is 14.8 Å². The summed E-state index contributed by atoms with van der Waals surface area (Å²) in [6, 6.07) is 1.66. The predicted molar refractivity (Wildman–Crippen MR) is 96.3 cm³/mol. The van der Waals surface area contributed by atoms with E-state index in [1.54, 1.807) is 33.9 Å². The van der Waals surface area contributed by atoms with E-state index < -0.39 is 11.7 Å². The number of anilines is 1. The molecule has 6 nitrogen and oxygen atoms in total. The smallest absolute Gasteiger partial charge is 0.413 e. The molecule has 0 saturated heterocycles. The molecule has 0 aliphatic heterocycles. The molecular formula is C16H23BrN4O2. The number of nitrogens with one attached hydrogen (secondary N) is 1. The topological polar surface area (TPSA) is 76.5 Å². The van der Waals surface area contributed by atoms with Gasteiger partial charge in [0.15, 0.2) is 0 Å². The van der Waals surface area contributed by atoms with Crippen LogP contribution in [-0.2, 0) is 4.74 Å². The van der Waals surface area contributed by atoms with E-state index >= 15 is 0 Å². The van der Waals surface area contributed by atoms with Gasteiger partial charge in [0.05, 0.1) is 11.4 Å². The van der Waals surface area contributed by atoms with Crippen LogP contribution in [0.4, 0.5) is 10.6 Å². The lowest BCUT2D eigenvalue weighted by molar-refractivity contribution is 0.0635. The molecule has 1 aromatic heterocycles. The normalized spacial score (nSPS) is 13.0. The van der Waals surface area contributed by atoms with E-state index in [4.69, 9.17) is 4.74 Å². The van der Waals surface area contributed by atoms with Crippen LogP contribution in [0, 0.1) is 0 Å². The molecule has 23 heavy (non-hydrogen) atoms. The third kappa shape index (κ3) is 6.90. The number of nitrogens with zero attached hydrogens (tertiary/aromatic N) is 3. The summed E-state index contributed by atoms with van der Waals surface area (Å²) in [4.78, 5) is 24.3. The Morgan fingerprint density at radius 2 is 2.13 bits per heavy atom. The molecule has 0 spiro atoms. The number of unbranched alkanes of at least 4 members (excludes halogenated alkanes) is 1. The molecular weight excluding hydrogens is 360 g/mol. The van der Waals surface area contributed by atoms with Crippen LogP contribution >= 0.6 is 15.9 Å². The monoisotopic (exact) mass is 382 g/mol. The van der Waals surface area contributed by atoms with Crippen molar-refractivity contribution < 1.29 is 9.53 Å². The quantitative estimate of drug-likeness (QED) is 0.769. The molecule has 0 bridgehead atoms. The molecule has 1 aromatic rings. The fourth-order valence-corrected chi connectivity index (χ4v) is 2.28. The van der Waals surface area contributed by atoms with Gasteiger partial charge in [-0.3, -0.25) is 10.3 Å². The molecule has 0 aliphatic carbocycles. The molecule has 0 radical (unpaired) electrons. The first kappa shape index (κ1) is 19.3. The Bertz CT molecular complexity index is 606. The molecule has 0 aliphatic rings. The van der Waals surface area contributed by atoms with Crippen molar-refractivity contribution in [3.63, 3.8) is 0 Å². The lowest BCUT2D eigenvalue weighted by Crippen LogP contribution is -2.27. The Morgan fingerprint density at radius 3 is 2.70 bits per heavy atom. The maximum Gasteiger partial charge on any atom is 0.413 e. The van der Waals surface area contributed by atoms with Gasteiger partial charge in [0.25, 0.3) is 0 Å². The molecule has 7 heteroatoms. The number of aromatic nitrogens is 2. The first-order valence-corrected chi connectivity index (χ1v) is 8.21. The van der Waals surface area contributed by atoms with Crippen molar-refractivity contribution in [1.82, 2.24) is 9.97 Å². The van der Waals surface area contributed by atoms with Gasteiger partial charge in [0.2, 0.25) is 0 Å². The van der Waals surface area contributed by atoms with E-state index in [0.29, 0.717) is 17.2 Å². The highest BCUT2D eigenvalue weighted by Gasteiger charge is 2.17. The van der Waals surface area contributed by atoms with Gasteiger partial charge in [0.1, 0.15) is 17.7 Å². The maximum absolute atomic E-state index is 11.8. The van der Waals surface area contributed by atoms with E-state index in [2.05, 4.69) is 43.1 Å². The number of allylic oxidation sites excluding steroid dienone is 2. The number of hydrogen-bond donors (Lipinski definition) is 1. The Morgan fingerprint density at radius 1 is 1.43 bits per heavy atom. The van der Waals surface area contributed by atoms with Crippen LogP contribution in [-0.4, -0.2) is 34.4 Å². The molecule has 1 amide bonds. The summed E-state index contributed by atoms with van der Waals surface area (Å²) < 4.78 is 6.07. The Kier molecular flexibility index (Phi) is 7.35. The molecule has 1 heterocycles. The van der Waals surface area contributed by atoms with Gasteiger partial charge in [-0.05, 0) is 43.1 Å². The minimum absolute atomic E-state index is 0.362. The van der Waals surface area contributed by atoms with Crippen LogP contribution in [0.1, 0.15) is 46.2 Å². The van der Waals surface area contributed by atoms with Crippen LogP contribution in [0.3, 0.4) is 0 Å². The van der Waals surface area contributed by atoms with Gasteiger partial charge in [-0.1, -0.05) is 19.4 Å². The van der Waals surface area contributed by atoms with E-state index in [0.717, 1.165) is 17.3 Å². The average molecular weight is 383 g/mol. The molecule has 1 N–H and O–H groups in total. The van der Waals surface area contributed by atoms with Crippen LogP contribution in [0.15, 0.2) is 27.9 Å². The molecule has 0 saturated carbocycles. The molecule has 1 rings (SSSR count). The largest absolute Gasteiger partial charge is 0.444 e. The Labute approximate surface area is 145 Å². The molecule has 0 unspecified atom stereocenters. The van der Waals surface area contributed by atoms with Crippen molar-refractivity contribution in [1.29, 1.82) is 0 Å². The van der Waals surface area contributed by atoms with Gasteiger partial charge >= 0.3 is 6.09 Å². The lowest BCUT2D eigenvalue weighted by Gasteiger charge is -2.19. The molecule has 0 fully saturated rings. The first-order chi connectivity index (χ1) is 10.8. The number of carbonyl (C=O) groups excluding carboxylic acids is 1. The third-order valence-corrected chi connectivity index (χ3v) is 3.30. The number of aliphatic imine (C=N–C) groups is 1. The van der Waals surface area contributed by atoms with Crippen molar-refractivity contribution in [2.24, 2.45) is 4.99 Å². The van der Waals surface area contributed by atoms with Crippen LogP contribution in [0.5, 0.6) is 0 Å². The number of amides is 1. The second-order valence-corrected chi connectivity index (χ2v) is 6.68. The maximum atomic E-state index is 11.8. The number of rotatable bonds is 5. The molecule has 0 aromatic carbocycles. The lowest BCUT2D eigenvalue weighted by atomic mass is 10.2. The van der Waals surface area contributed by atoms with E-state index in [1.165, 1.54) is 6.33 Å². The van der Waals surface area contributed by atoms with Gasteiger partial charge in [-0.2, -0.15) is 0 Å². The highest BCUT2D eigenvalue weighted by Crippen LogP contribution is 2.17. The Hall–Kier alpha value is -1.76. The van der Waals surface area contributed by atoms with Crippen LogP contribution in [0.25, 0.3) is 0 Å². The van der Waals surface area contributed by atoms with Gasteiger partial charge < -0.3 is 4.74 Å². The number of halogens is 1. The summed E-state index contributed by atoms with van der Waals surface area (Å²) in [6.45, 7) is 7.51. The highest BCUT2D eigenvalue weighted by molar-refractivity contribution is 9.12. The Balaban J connectivity index is 2.93. The van der Waals surface area contributed by atoms with Crippen molar-refractivity contribution in [2.75, 3.05) is 12.4 Å². The van der Waals surface area contributed by atoms with E-state index in [9.17, 15) is 4.79 Å². The van der Waals surface area contributed by atoms with Gasteiger partial charge in [-0.15, -0.1) is 0 Å². The predicted octanol–water partition coefficient (Wildman–Crippen LogP) is 4.32. The molecule has 126 valence electrons. The van der Waals surface area contributed by atoms with Crippen molar-refractivity contribution >= 4 is 33.6 Å². The summed E-state index contributed by atoms with van der Waals surface area (Å²) in [5.74, 6) is 0.362. The molecule has 0 atom stereocenters. The third-order valence-electron chi connectivity index (χ3n) is 2.60. The SMILES string of the molecule is CCC/C=C(/Br)C(=NC)c1cc(NC(=O)OC(C)(C)C)ncn1. The van der Waals surface area contributed by atoms with Crippen molar-refractivity contribution in [3.05, 3.63) is 28.6 Å². The highest BCUT2D eigenvalue weighted by atomic mass is 79.9. The standard InChI is InChI=1S/C16H23BrN4O2/c1-6-7-8-11(17)14(18-5)12-9-13(20-10-19-12)21-15(22)23-16(2,3)4/h8-10H,6-7H2,1-5H3,(H,19,20,21,22)/b11-8+,18-14?. The first-order valence-electron chi connectivity index (χ1n) is 7.42. The van der Waals surface area contributed by atoms with Crippen LogP contribution in [0.2, 0.25) is 0 Å². The zero-order valence-corrected chi connectivity index (χ0v) is 15.8. The van der Waals surface area contributed by atoms with Crippen molar-refractivity contribution in [2.45, 2.75) is 46.1 Å². The number of carbonyl (C=O) groups is 1. The minimum atomic E-state index is -0.568. The summed E-state index contributed by atoms with van der Waals surface area (Å²) in [6.07, 6.45) is 4.85. The van der Waals surface area contributed by atoms with Crippen molar-refractivity contribution in [3.8, 4) is 0 Å². The summed E-state index contributed by atoms with van der Waals surface area (Å²) in [5.41, 5.74) is 0.753. The summed E-state index contributed by atoms with van der Waals surface area (Å²) in [5, 5.41) is 2.60. The number of hydrogen-bond acceptors (Lipinski definition) is 5. The van der Waals surface area contributed by atoms with E-state index in [-0.39, 0.29) is 0 Å². The fourth-order valence-electron chi connectivity index (χ4n) is 1.67. The second kappa shape index (κ2) is 8.76. The fraction of sp³-hybridized carbons (Fsp3) is 0.500. The van der Waals surface area contributed by atoms with Crippen LogP contribution < -0.4 is 5.32 Å². The average Bonchev–Trinajstić information content (AvgIpc) is 2.44. The summed E-state index contributed by atoms with van der Waals surface area (Å²) >= 11 is 3.52. The van der Waals surface area contributed by atoms with Gasteiger partial charge in [0, 0.05) is 17.6 Å². The zero-order chi connectivity index (χ0) is 17.5. The summed E-state index contributed by atoms with van der Waals surface area (Å²) in [7, 11) is 1.69. The zero-order valence-electron chi connectivity index (χ0n) is 14.2. The number of ether oxygens (including phenoxy) is 1. The second-order valence-electron chi connectivity index (χ2n) is 5.83.